The molecule has 1 saturated heterocycles. The van der Waals surface area contributed by atoms with E-state index in [0.29, 0.717) is 25.4 Å². The summed E-state index contributed by atoms with van der Waals surface area (Å²) in [6.07, 6.45) is 0. The van der Waals surface area contributed by atoms with Gasteiger partial charge in [0.15, 0.2) is 0 Å². The van der Waals surface area contributed by atoms with Crippen molar-refractivity contribution >= 4 is 11.6 Å². The molecule has 1 aliphatic rings. The largest absolute Gasteiger partial charge is 0.508 e. The quantitative estimate of drug-likeness (QED) is 0.822. The van der Waals surface area contributed by atoms with E-state index < -0.39 is 0 Å². The number of phenols is 1. The van der Waals surface area contributed by atoms with Crippen LogP contribution in [0.4, 0.5) is 5.69 Å². The van der Waals surface area contributed by atoms with E-state index in [2.05, 4.69) is 10.2 Å². The topological polar surface area (TPSA) is 61.8 Å². The van der Waals surface area contributed by atoms with Gasteiger partial charge in [-0.25, -0.2) is 0 Å². The maximum absolute atomic E-state index is 12.5. The zero-order valence-electron chi connectivity index (χ0n) is 14.4. The average Bonchev–Trinajstić information content (AvgIpc) is 2.65. The molecule has 1 amide bonds. The Labute approximate surface area is 148 Å². The van der Waals surface area contributed by atoms with E-state index >= 15 is 0 Å². The summed E-state index contributed by atoms with van der Waals surface area (Å²) in [6.45, 7) is 5.66. The monoisotopic (exact) mass is 340 g/mol. The molecule has 1 fully saturated rings. The maximum atomic E-state index is 12.5. The molecule has 2 aromatic carbocycles. The van der Waals surface area contributed by atoms with Gasteiger partial charge in [0.1, 0.15) is 5.75 Å². The van der Waals surface area contributed by atoms with Gasteiger partial charge < -0.3 is 15.2 Å². The van der Waals surface area contributed by atoms with Gasteiger partial charge in [-0.15, -0.1) is 0 Å². The third-order valence-electron chi connectivity index (χ3n) is 4.54. The van der Waals surface area contributed by atoms with Crippen molar-refractivity contribution in [2.24, 2.45) is 0 Å². The van der Waals surface area contributed by atoms with Gasteiger partial charge in [0.2, 0.25) is 5.91 Å². The van der Waals surface area contributed by atoms with Crippen LogP contribution in [0.5, 0.6) is 5.75 Å². The second-order valence-corrected chi connectivity index (χ2v) is 6.35. The smallest absolute Gasteiger partial charge is 0.231 e. The van der Waals surface area contributed by atoms with Gasteiger partial charge in [-0.2, -0.15) is 0 Å². The lowest BCUT2D eigenvalue weighted by Gasteiger charge is -2.27. The summed E-state index contributed by atoms with van der Waals surface area (Å²) in [6, 6.07) is 14.9. The van der Waals surface area contributed by atoms with Crippen molar-refractivity contribution in [3.8, 4) is 5.75 Å². The Hall–Kier alpha value is -2.37. The van der Waals surface area contributed by atoms with Crippen LogP contribution in [0, 0.1) is 0 Å². The molecule has 1 heterocycles. The molecule has 5 heteroatoms. The highest BCUT2D eigenvalue weighted by Crippen LogP contribution is 2.25. The summed E-state index contributed by atoms with van der Waals surface area (Å²) in [5.41, 5.74) is 2.49. The number of hydrogen-bond donors (Lipinski definition) is 2. The van der Waals surface area contributed by atoms with Crippen LogP contribution < -0.4 is 5.32 Å². The van der Waals surface area contributed by atoms with E-state index in [0.717, 1.165) is 24.2 Å². The molecule has 5 nitrogen and oxygen atoms in total. The summed E-state index contributed by atoms with van der Waals surface area (Å²) < 4.78 is 5.35. The minimum atomic E-state index is -0.238. The molecule has 2 aromatic rings. The van der Waals surface area contributed by atoms with Crippen molar-refractivity contribution in [2.45, 2.75) is 19.4 Å². The molecular formula is C20H24N2O3. The molecule has 0 bridgehead atoms. The molecule has 0 saturated carbocycles. The zero-order chi connectivity index (χ0) is 17.6. The number of carbonyl (C=O) groups excluding carboxylic acids is 1. The lowest BCUT2D eigenvalue weighted by atomic mass is 10.0. The van der Waals surface area contributed by atoms with Crippen LogP contribution in [0.3, 0.4) is 0 Å². The number of phenolic OH excluding ortho intramolecular Hbond substituents is 1. The second kappa shape index (κ2) is 8.14. The van der Waals surface area contributed by atoms with Gasteiger partial charge in [0.05, 0.1) is 19.1 Å². The third kappa shape index (κ3) is 4.59. The fourth-order valence-corrected chi connectivity index (χ4v) is 2.93. The van der Waals surface area contributed by atoms with E-state index in [1.807, 2.05) is 43.3 Å². The lowest BCUT2D eigenvalue weighted by Crippen LogP contribution is -2.35. The van der Waals surface area contributed by atoms with Crippen molar-refractivity contribution < 1.29 is 14.6 Å². The molecule has 1 aliphatic heterocycles. The molecule has 2 N–H and O–H groups in total. The first-order valence-corrected chi connectivity index (χ1v) is 8.61. The molecule has 3 rings (SSSR count). The average molecular weight is 340 g/mol. The summed E-state index contributed by atoms with van der Waals surface area (Å²) in [5, 5.41) is 13.1. The normalized spacial score (nSPS) is 16.4. The number of carbonyl (C=O) groups is 1. The van der Waals surface area contributed by atoms with E-state index in [9.17, 15) is 9.90 Å². The molecule has 0 aliphatic carbocycles. The van der Waals surface area contributed by atoms with Crippen molar-refractivity contribution in [2.75, 3.05) is 31.6 Å². The number of benzene rings is 2. The highest BCUT2D eigenvalue weighted by molar-refractivity contribution is 5.95. The second-order valence-electron chi connectivity index (χ2n) is 6.35. The molecule has 0 spiro atoms. The SMILES string of the molecule is CC(C(=O)Nc1ccc(O)c(CN2CCOCC2)c1)c1ccccc1. The van der Waals surface area contributed by atoms with Gasteiger partial charge >= 0.3 is 0 Å². The molecule has 0 aromatic heterocycles. The third-order valence-corrected chi connectivity index (χ3v) is 4.54. The van der Waals surface area contributed by atoms with Crippen molar-refractivity contribution in [3.05, 3.63) is 59.7 Å². The number of nitrogens with one attached hydrogen (secondary N) is 1. The van der Waals surface area contributed by atoms with Crippen LogP contribution in [-0.2, 0) is 16.1 Å². The van der Waals surface area contributed by atoms with Crippen LogP contribution in [0.1, 0.15) is 24.0 Å². The number of nitrogens with zero attached hydrogens (tertiary/aromatic N) is 1. The van der Waals surface area contributed by atoms with Crippen LogP contribution >= 0.6 is 0 Å². The Balaban J connectivity index is 1.68. The first-order chi connectivity index (χ1) is 12.1. The predicted molar refractivity (Wildman–Crippen MR) is 97.7 cm³/mol. The summed E-state index contributed by atoms with van der Waals surface area (Å²) >= 11 is 0. The van der Waals surface area contributed by atoms with Crippen molar-refractivity contribution in [1.82, 2.24) is 4.90 Å². The van der Waals surface area contributed by atoms with Gasteiger partial charge in [-0.05, 0) is 30.7 Å². The fraction of sp³-hybridized carbons (Fsp3) is 0.350. The van der Waals surface area contributed by atoms with Gasteiger partial charge in [0.25, 0.3) is 0 Å². The molecular weight excluding hydrogens is 316 g/mol. The number of morpholine rings is 1. The number of aromatic hydroxyl groups is 1. The number of ether oxygens (including phenoxy) is 1. The predicted octanol–water partition coefficient (Wildman–Crippen LogP) is 2.97. The minimum Gasteiger partial charge on any atom is -0.508 e. The first kappa shape index (κ1) is 17.5. The first-order valence-electron chi connectivity index (χ1n) is 8.61. The van der Waals surface area contributed by atoms with Crippen LogP contribution in [0.15, 0.2) is 48.5 Å². The highest BCUT2D eigenvalue weighted by Gasteiger charge is 2.17. The van der Waals surface area contributed by atoms with Crippen LogP contribution in [-0.4, -0.2) is 42.2 Å². The van der Waals surface area contributed by atoms with E-state index in [1.165, 1.54) is 0 Å². The Morgan fingerprint density at radius 2 is 1.92 bits per heavy atom. The van der Waals surface area contributed by atoms with Crippen LogP contribution in [0.25, 0.3) is 0 Å². The molecule has 0 radical (unpaired) electrons. The van der Waals surface area contributed by atoms with Gasteiger partial charge in [-0.1, -0.05) is 30.3 Å². The van der Waals surface area contributed by atoms with E-state index in [-0.39, 0.29) is 17.6 Å². The Morgan fingerprint density at radius 1 is 1.20 bits per heavy atom. The summed E-state index contributed by atoms with van der Waals surface area (Å²) in [5.74, 6) is -0.0486. The lowest BCUT2D eigenvalue weighted by molar-refractivity contribution is -0.117. The zero-order valence-corrected chi connectivity index (χ0v) is 14.4. The number of amides is 1. The van der Waals surface area contributed by atoms with E-state index in [1.54, 1.807) is 12.1 Å². The Bertz CT molecular complexity index is 712. The maximum Gasteiger partial charge on any atom is 0.231 e. The molecule has 132 valence electrons. The number of hydrogen-bond acceptors (Lipinski definition) is 4. The van der Waals surface area contributed by atoms with E-state index in [4.69, 9.17) is 4.74 Å². The Morgan fingerprint density at radius 3 is 2.64 bits per heavy atom. The Kier molecular flexibility index (Phi) is 5.68. The van der Waals surface area contributed by atoms with Gasteiger partial charge in [0, 0.05) is 30.9 Å². The molecule has 1 atom stereocenters. The minimum absolute atomic E-state index is 0.0609. The number of rotatable bonds is 5. The highest BCUT2D eigenvalue weighted by atomic mass is 16.5. The molecule has 1 unspecified atom stereocenters. The van der Waals surface area contributed by atoms with Crippen molar-refractivity contribution in [1.29, 1.82) is 0 Å². The molecule has 25 heavy (non-hydrogen) atoms. The fourth-order valence-electron chi connectivity index (χ4n) is 2.93. The number of anilines is 1. The standard InChI is InChI=1S/C20H24N2O3/c1-15(16-5-3-2-4-6-16)20(24)21-18-7-8-19(23)17(13-18)14-22-9-11-25-12-10-22/h2-8,13,15,23H,9-12,14H2,1H3,(H,21,24). The van der Waals surface area contributed by atoms with Crippen molar-refractivity contribution in [3.63, 3.8) is 0 Å². The summed E-state index contributed by atoms with van der Waals surface area (Å²) in [4.78, 5) is 14.7. The van der Waals surface area contributed by atoms with Crippen LogP contribution in [0.2, 0.25) is 0 Å². The summed E-state index contributed by atoms with van der Waals surface area (Å²) in [7, 11) is 0. The van der Waals surface area contributed by atoms with Gasteiger partial charge in [-0.3, -0.25) is 9.69 Å².